The molecule has 22 heavy (non-hydrogen) atoms. The van der Waals surface area contributed by atoms with E-state index in [4.69, 9.17) is 4.74 Å². The van der Waals surface area contributed by atoms with Gasteiger partial charge in [0.2, 0.25) is 11.8 Å². The largest absolute Gasteiger partial charge is 0.439 e. The number of amides is 1. The summed E-state index contributed by atoms with van der Waals surface area (Å²) in [6.07, 6.45) is 2.74. The van der Waals surface area contributed by atoms with Gasteiger partial charge < -0.3 is 4.74 Å². The van der Waals surface area contributed by atoms with Crippen molar-refractivity contribution < 1.29 is 9.53 Å². The molecule has 3 rings (SSSR count). The number of nitrogens with one attached hydrogen (secondary N) is 2. The molecule has 0 saturated heterocycles. The molecule has 2 heterocycles. The number of carbonyl (C=O) groups excluding carboxylic acids is 1. The van der Waals surface area contributed by atoms with Gasteiger partial charge >= 0.3 is 0 Å². The maximum Gasteiger partial charge on any atom is 0.259 e. The number of nitrogens with zero attached hydrogens (tertiary/aromatic N) is 3. The van der Waals surface area contributed by atoms with Crippen LogP contribution in [0.3, 0.4) is 0 Å². The normalized spacial score (nSPS) is 10.2. The third-order valence-electron chi connectivity index (χ3n) is 2.68. The summed E-state index contributed by atoms with van der Waals surface area (Å²) >= 11 is 3.35. The van der Waals surface area contributed by atoms with Crippen molar-refractivity contribution in [2.24, 2.45) is 0 Å². The number of anilines is 1. The van der Waals surface area contributed by atoms with Gasteiger partial charge in [-0.25, -0.2) is 10.1 Å². The molecule has 0 radical (unpaired) electrons. The summed E-state index contributed by atoms with van der Waals surface area (Å²) in [5.74, 6) is 1.01. The van der Waals surface area contributed by atoms with Gasteiger partial charge in [-0.1, -0.05) is 15.9 Å². The molecule has 0 aliphatic heterocycles. The minimum Gasteiger partial charge on any atom is -0.439 e. The minimum absolute atomic E-state index is 0.278. The topological polar surface area (TPSA) is 92.8 Å². The fourth-order valence-corrected chi connectivity index (χ4v) is 1.91. The molecule has 0 bridgehead atoms. The fraction of sp³-hybridized carbons (Fsp3) is 0. The Kier molecular flexibility index (Phi) is 4.10. The molecule has 7 nitrogen and oxygen atoms in total. The lowest BCUT2D eigenvalue weighted by Gasteiger charge is -2.05. The van der Waals surface area contributed by atoms with Gasteiger partial charge in [-0.15, -0.1) is 0 Å². The fourth-order valence-electron chi connectivity index (χ4n) is 1.64. The van der Waals surface area contributed by atoms with Gasteiger partial charge in [0.25, 0.3) is 5.91 Å². The summed E-state index contributed by atoms with van der Waals surface area (Å²) in [7, 11) is 0. The highest BCUT2D eigenvalue weighted by atomic mass is 79.9. The Balaban J connectivity index is 1.67. The lowest BCUT2D eigenvalue weighted by atomic mass is 10.2. The number of pyridine rings is 1. The number of aromatic nitrogens is 4. The second kappa shape index (κ2) is 6.35. The number of H-pyrrole nitrogens is 1. The number of hydrogen-bond donors (Lipinski definition) is 2. The van der Waals surface area contributed by atoms with Crippen LogP contribution in [-0.2, 0) is 0 Å². The smallest absolute Gasteiger partial charge is 0.259 e. The predicted molar refractivity (Wildman–Crippen MR) is 82.8 cm³/mol. The Morgan fingerprint density at radius 1 is 1.14 bits per heavy atom. The lowest BCUT2D eigenvalue weighted by molar-refractivity contribution is 0.102. The molecule has 0 aliphatic carbocycles. The zero-order chi connectivity index (χ0) is 15.4. The average Bonchev–Trinajstić information content (AvgIpc) is 3.03. The van der Waals surface area contributed by atoms with E-state index in [2.05, 4.69) is 41.4 Å². The van der Waals surface area contributed by atoms with Crippen molar-refractivity contribution in [2.45, 2.75) is 0 Å². The van der Waals surface area contributed by atoms with Crippen molar-refractivity contribution in [3.63, 3.8) is 0 Å². The molecule has 110 valence electrons. The van der Waals surface area contributed by atoms with Crippen LogP contribution >= 0.6 is 15.9 Å². The SMILES string of the molecule is O=C(Nc1ncn[nH]1)c1ccc(Oc2ccc(Br)cc2)nc1. The first-order valence-electron chi connectivity index (χ1n) is 6.27. The van der Waals surface area contributed by atoms with E-state index in [0.717, 1.165) is 4.47 Å². The number of ether oxygens (including phenoxy) is 1. The van der Waals surface area contributed by atoms with Crippen LogP contribution in [0.15, 0.2) is 53.4 Å². The van der Waals surface area contributed by atoms with E-state index < -0.39 is 0 Å². The Labute approximate surface area is 133 Å². The lowest BCUT2D eigenvalue weighted by Crippen LogP contribution is -2.13. The number of rotatable bonds is 4. The maximum absolute atomic E-state index is 11.9. The third kappa shape index (κ3) is 3.47. The summed E-state index contributed by atoms with van der Waals surface area (Å²) in [5, 5.41) is 8.75. The first kappa shape index (κ1) is 14.2. The first-order valence-corrected chi connectivity index (χ1v) is 7.06. The van der Waals surface area contributed by atoms with Crippen LogP contribution in [0.25, 0.3) is 0 Å². The van der Waals surface area contributed by atoms with E-state index in [1.165, 1.54) is 12.5 Å². The van der Waals surface area contributed by atoms with Crippen molar-refractivity contribution in [1.29, 1.82) is 0 Å². The first-order chi connectivity index (χ1) is 10.7. The van der Waals surface area contributed by atoms with E-state index in [9.17, 15) is 4.79 Å². The monoisotopic (exact) mass is 359 g/mol. The van der Waals surface area contributed by atoms with Crippen LogP contribution in [0.5, 0.6) is 11.6 Å². The highest BCUT2D eigenvalue weighted by Gasteiger charge is 2.08. The van der Waals surface area contributed by atoms with Gasteiger partial charge in [0.1, 0.15) is 12.1 Å². The summed E-state index contributed by atoms with van der Waals surface area (Å²) in [4.78, 5) is 19.9. The minimum atomic E-state index is -0.334. The summed E-state index contributed by atoms with van der Waals surface area (Å²) < 4.78 is 6.55. The molecule has 0 unspecified atom stereocenters. The van der Waals surface area contributed by atoms with E-state index in [1.807, 2.05) is 24.3 Å². The molecule has 1 amide bonds. The summed E-state index contributed by atoms with van der Waals surface area (Å²) in [6.45, 7) is 0. The van der Waals surface area contributed by atoms with Crippen molar-refractivity contribution in [3.8, 4) is 11.6 Å². The predicted octanol–water partition coefficient (Wildman–Crippen LogP) is 3.01. The van der Waals surface area contributed by atoms with E-state index in [0.29, 0.717) is 17.2 Å². The van der Waals surface area contributed by atoms with Crippen LogP contribution in [0.4, 0.5) is 5.95 Å². The van der Waals surface area contributed by atoms with Crippen LogP contribution in [0.1, 0.15) is 10.4 Å². The highest BCUT2D eigenvalue weighted by Crippen LogP contribution is 2.21. The van der Waals surface area contributed by atoms with E-state index >= 15 is 0 Å². The standard InChI is InChI=1S/C14H10BrN5O2/c15-10-2-4-11(5-3-10)22-12-6-1-9(7-16-12)13(21)19-14-17-8-18-20-14/h1-8H,(H2,17,18,19,20,21). The Hall–Kier alpha value is -2.74. The average molecular weight is 360 g/mol. The number of halogens is 1. The molecule has 0 saturated carbocycles. The molecule has 0 atom stereocenters. The van der Waals surface area contributed by atoms with Gasteiger partial charge in [0, 0.05) is 16.7 Å². The van der Waals surface area contributed by atoms with Crippen molar-refractivity contribution >= 4 is 27.8 Å². The molecule has 2 aromatic heterocycles. The van der Waals surface area contributed by atoms with Crippen LogP contribution in [0, 0.1) is 0 Å². The molecule has 3 aromatic rings. The Morgan fingerprint density at radius 3 is 2.59 bits per heavy atom. The molecular formula is C14H10BrN5O2. The van der Waals surface area contributed by atoms with Gasteiger partial charge in [-0.05, 0) is 30.3 Å². The molecule has 2 N–H and O–H groups in total. The molecular weight excluding hydrogens is 350 g/mol. The number of carbonyl (C=O) groups is 1. The third-order valence-corrected chi connectivity index (χ3v) is 3.21. The quantitative estimate of drug-likeness (QED) is 0.746. The highest BCUT2D eigenvalue weighted by molar-refractivity contribution is 9.10. The summed E-state index contributed by atoms with van der Waals surface area (Å²) in [5.41, 5.74) is 0.388. The molecule has 0 spiro atoms. The molecule has 0 fully saturated rings. The van der Waals surface area contributed by atoms with E-state index in [1.54, 1.807) is 12.1 Å². The van der Waals surface area contributed by atoms with Crippen LogP contribution in [-0.4, -0.2) is 26.1 Å². The van der Waals surface area contributed by atoms with Crippen LogP contribution < -0.4 is 10.1 Å². The Bertz CT molecular complexity index is 757. The zero-order valence-corrected chi connectivity index (χ0v) is 12.7. The second-order valence-corrected chi connectivity index (χ2v) is 5.14. The number of hydrogen-bond acceptors (Lipinski definition) is 5. The van der Waals surface area contributed by atoms with Gasteiger partial charge in [-0.2, -0.15) is 10.1 Å². The van der Waals surface area contributed by atoms with Gasteiger partial charge in [0.15, 0.2) is 0 Å². The maximum atomic E-state index is 11.9. The van der Waals surface area contributed by atoms with Crippen LogP contribution in [0.2, 0.25) is 0 Å². The Morgan fingerprint density at radius 2 is 1.95 bits per heavy atom. The second-order valence-electron chi connectivity index (χ2n) is 4.23. The zero-order valence-electron chi connectivity index (χ0n) is 11.2. The number of aromatic amines is 1. The van der Waals surface area contributed by atoms with Crippen molar-refractivity contribution in [2.75, 3.05) is 5.32 Å². The van der Waals surface area contributed by atoms with Gasteiger partial charge in [0.05, 0.1) is 5.56 Å². The van der Waals surface area contributed by atoms with Crippen molar-refractivity contribution in [1.82, 2.24) is 20.2 Å². The van der Waals surface area contributed by atoms with Crippen molar-refractivity contribution in [3.05, 3.63) is 59.0 Å². The summed E-state index contributed by atoms with van der Waals surface area (Å²) in [6, 6.07) is 10.6. The molecule has 8 heteroatoms. The number of benzene rings is 1. The molecule has 1 aromatic carbocycles. The van der Waals surface area contributed by atoms with E-state index in [-0.39, 0.29) is 11.9 Å². The van der Waals surface area contributed by atoms with Gasteiger partial charge in [-0.3, -0.25) is 10.1 Å². The molecule has 0 aliphatic rings.